The lowest BCUT2D eigenvalue weighted by Crippen LogP contribution is -2.39. The van der Waals surface area contributed by atoms with Gasteiger partial charge in [-0.1, -0.05) is 47.7 Å². The molecule has 5 heteroatoms. The summed E-state index contributed by atoms with van der Waals surface area (Å²) in [6, 6.07) is 7.69. The van der Waals surface area contributed by atoms with Gasteiger partial charge in [0, 0.05) is 28.5 Å². The fraction of sp³-hybridized carbons (Fsp3) is 0.385. The first-order chi connectivity index (χ1) is 15.2. The Kier molecular flexibility index (Phi) is 5.86. The van der Waals surface area contributed by atoms with Gasteiger partial charge in [0.1, 0.15) is 0 Å². The predicted octanol–water partition coefficient (Wildman–Crippen LogP) is 5.36. The van der Waals surface area contributed by atoms with Crippen molar-refractivity contribution in [3.63, 3.8) is 0 Å². The third-order valence-electron chi connectivity index (χ3n) is 6.63. The number of hydrogen-bond donors (Lipinski definition) is 1. The zero-order valence-electron chi connectivity index (χ0n) is 17.7. The second kappa shape index (κ2) is 8.91. The number of carbonyl (C=O) groups excluding carboxylic acids is 2. The van der Waals surface area contributed by atoms with Crippen molar-refractivity contribution in [3.8, 4) is 0 Å². The van der Waals surface area contributed by atoms with Crippen molar-refractivity contribution in [2.45, 2.75) is 49.8 Å². The number of hydrogen-bond acceptors (Lipinski definition) is 3. The molecule has 1 aromatic carbocycles. The molecule has 0 aromatic heterocycles. The number of benzene rings is 1. The normalized spacial score (nSPS) is 21.5. The number of allylic oxidation sites excluding steroid dienone is 6. The highest BCUT2D eigenvalue weighted by atomic mass is 32.2. The average Bonchev–Trinajstić information content (AvgIpc) is 2.95. The summed E-state index contributed by atoms with van der Waals surface area (Å²) in [4.78, 5) is 30.0. The summed E-state index contributed by atoms with van der Waals surface area (Å²) >= 11 is 1.65. The fourth-order valence-corrected chi connectivity index (χ4v) is 5.96. The van der Waals surface area contributed by atoms with Crippen molar-refractivity contribution in [2.75, 3.05) is 13.1 Å². The smallest absolute Gasteiger partial charge is 0.256 e. The first-order valence-corrected chi connectivity index (χ1v) is 12.2. The third kappa shape index (κ3) is 4.42. The average molecular weight is 433 g/mol. The van der Waals surface area contributed by atoms with Crippen molar-refractivity contribution in [1.29, 1.82) is 0 Å². The molecule has 1 saturated heterocycles. The minimum absolute atomic E-state index is 0.0927. The second-order valence-corrected chi connectivity index (χ2v) is 9.89. The van der Waals surface area contributed by atoms with Crippen LogP contribution in [0.25, 0.3) is 0 Å². The van der Waals surface area contributed by atoms with Gasteiger partial charge in [0.15, 0.2) is 0 Å². The van der Waals surface area contributed by atoms with E-state index < -0.39 is 0 Å². The molecule has 2 amide bonds. The molecule has 5 rings (SSSR count). The Labute approximate surface area is 188 Å². The molecule has 2 heterocycles. The van der Waals surface area contributed by atoms with Gasteiger partial charge in [0.2, 0.25) is 5.91 Å². The van der Waals surface area contributed by atoms with Gasteiger partial charge >= 0.3 is 0 Å². The minimum Gasteiger partial charge on any atom is -0.339 e. The van der Waals surface area contributed by atoms with Gasteiger partial charge in [-0.2, -0.15) is 0 Å². The highest BCUT2D eigenvalue weighted by Gasteiger charge is 2.29. The van der Waals surface area contributed by atoms with E-state index in [1.165, 1.54) is 5.57 Å². The molecule has 0 bridgehead atoms. The number of likely N-dealkylation sites (tertiary alicyclic amines) is 1. The van der Waals surface area contributed by atoms with E-state index in [9.17, 15) is 9.59 Å². The zero-order chi connectivity index (χ0) is 21.2. The summed E-state index contributed by atoms with van der Waals surface area (Å²) in [6.07, 6.45) is 16.0. The van der Waals surface area contributed by atoms with Crippen LogP contribution in [0, 0.1) is 5.92 Å². The monoisotopic (exact) mass is 432 g/mol. The van der Waals surface area contributed by atoms with Crippen LogP contribution in [0.5, 0.6) is 0 Å². The van der Waals surface area contributed by atoms with Crippen molar-refractivity contribution in [3.05, 3.63) is 75.9 Å². The Balaban J connectivity index is 1.24. The summed E-state index contributed by atoms with van der Waals surface area (Å²) in [6.45, 7) is 1.66. The van der Waals surface area contributed by atoms with E-state index in [0.29, 0.717) is 11.5 Å². The summed E-state index contributed by atoms with van der Waals surface area (Å²) < 4.78 is 0. The molecule has 160 valence electrons. The number of carbonyl (C=O) groups is 2. The van der Waals surface area contributed by atoms with Crippen molar-refractivity contribution in [1.82, 2.24) is 10.2 Å². The highest BCUT2D eigenvalue weighted by molar-refractivity contribution is 8.03. The Bertz CT molecular complexity index is 1030. The van der Waals surface area contributed by atoms with Crippen LogP contribution < -0.4 is 5.32 Å². The largest absolute Gasteiger partial charge is 0.339 e. The number of piperidine rings is 1. The SMILES string of the molecule is O=C1NC2=C(CCC(C(=O)N3CCC(CC4=CCCC=C4)CC3)=C2)Sc2ccccc21. The molecular weight excluding hydrogens is 404 g/mol. The minimum atomic E-state index is -0.0927. The molecule has 0 spiro atoms. The van der Waals surface area contributed by atoms with Crippen LogP contribution in [-0.2, 0) is 4.79 Å². The van der Waals surface area contributed by atoms with E-state index in [2.05, 4.69) is 23.5 Å². The van der Waals surface area contributed by atoms with E-state index in [-0.39, 0.29) is 11.8 Å². The number of rotatable bonds is 3. The maximum atomic E-state index is 13.2. The highest BCUT2D eigenvalue weighted by Crippen LogP contribution is 2.40. The van der Waals surface area contributed by atoms with Gasteiger partial charge in [0.25, 0.3) is 5.91 Å². The summed E-state index contributed by atoms with van der Waals surface area (Å²) in [5.74, 6) is 0.719. The van der Waals surface area contributed by atoms with Crippen LogP contribution in [0.1, 0.15) is 55.3 Å². The van der Waals surface area contributed by atoms with Gasteiger partial charge in [-0.05, 0) is 69.1 Å². The van der Waals surface area contributed by atoms with Crippen molar-refractivity contribution < 1.29 is 9.59 Å². The van der Waals surface area contributed by atoms with Crippen molar-refractivity contribution >= 4 is 23.6 Å². The molecule has 0 saturated carbocycles. The van der Waals surface area contributed by atoms with E-state index in [1.807, 2.05) is 35.2 Å². The van der Waals surface area contributed by atoms with Crippen molar-refractivity contribution in [2.24, 2.45) is 5.92 Å². The van der Waals surface area contributed by atoms with Gasteiger partial charge in [-0.15, -0.1) is 0 Å². The molecule has 4 nitrogen and oxygen atoms in total. The van der Waals surface area contributed by atoms with E-state index in [1.54, 1.807) is 11.8 Å². The van der Waals surface area contributed by atoms with Crippen LogP contribution in [0.15, 0.2) is 75.2 Å². The van der Waals surface area contributed by atoms with Gasteiger partial charge in [-0.3, -0.25) is 9.59 Å². The van der Waals surface area contributed by atoms with Gasteiger partial charge in [-0.25, -0.2) is 0 Å². The number of amides is 2. The van der Waals surface area contributed by atoms with Crippen LogP contribution in [0.2, 0.25) is 0 Å². The molecule has 0 atom stereocenters. The predicted molar refractivity (Wildman–Crippen MR) is 124 cm³/mol. The van der Waals surface area contributed by atoms with Crippen LogP contribution in [0.4, 0.5) is 0 Å². The first-order valence-electron chi connectivity index (χ1n) is 11.3. The molecule has 1 N–H and O–H groups in total. The van der Waals surface area contributed by atoms with Gasteiger partial charge in [0.05, 0.1) is 11.3 Å². The molecule has 0 radical (unpaired) electrons. The first kappa shape index (κ1) is 20.4. The Morgan fingerprint density at radius 2 is 1.97 bits per heavy atom. The quantitative estimate of drug-likeness (QED) is 0.700. The van der Waals surface area contributed by atoms with E-state index in [4.69, 9.17) is 0 Å². The summed E-state index contributed by atoms with van der Waals surface area (Å²) in [5.41, 5.74) is 3.79. The lowest BCUT2D eigenvalue weighted by molar-refractivity contribution is -0.128. The molecule has 2 aliphatic carbocycles. The number of nitrogens with one attached hydrogen (secondary N) is 1. The van der Waals surface area contributed by atoms with Crippen LogP contribution in [0.3, 0.4) is 0 Å². The lowest BCUT2D eigenvalue weighted by atomic mass is 9.88. The Morgan fingerprint density at radius 3 is 2.77 bits per heavy atom. The number of nitrogens with zero attached hydrogens (tertiary/aromatic N) is 1. The lowest BCUT2D eigenvalue weighted by Gasteiger charge is -2.33. The van der Waals surface area contributed by atoms with Gasteiger partial charge < -0.3 is 10.2 Å². The molecule has 1 aromatic rings. The zero-order valence-corrected chi connectivity index (χ0v) is 18.5. The molecule has 0 unspecified atom stereocenters. The molecule has 4 aliphatic rings. The maximum Gasteiger partial charge on any atom is 0.256 e. The second-order valence-electron chi connectivity index (χ2n) is 8.76. The van der Waals surface area contributed by atoms with Crippen LogP contribution in [-0.4, -0.2) is 29.8 Å². The fourth-order valence-electron chi connectivity index (χ4n) is 4.85. The third-order valence-corrected chi connectivity index (χ3v) is 7.87. The Hall–Kier alpha value is -2.53. The molecule has 2 aliphatic heterocycles. The van der Waals surface area contributed by atoms with Crippen LogP contribution >= 0.6 is 11.8 Å². The topological polar surface area (TPSA) is 49.4 Å². The Morgan fingerprint density at radius 1 is 1.13 bits per heavy atom. The number of fused-ring (bicyclic) bond motifs is 1. The maximum absolute atomic E-state index is 13.2. The summed E-state index contributed by atoms with van der Waals surface area (Å²) in [5, 5.41) is 3.04. The standard InChI is InChI=1S/C26H28N2O2S/c29-25-21-8-4-5-9-23(21)31-24-11-10-20(17-22(24)27-25)26(30)28-14-12-19(13-15-28)16-18-6-2-1-3-7-18/h2,4-9,17,19H,1,3,10-16H2,(H,27,29). The molecule has 31 heavy (non-hydrogen) atoms. The molecule has 1 fully saturated rings. The number of thioether (sulfide) groups is 1. The van der Waals surface area contributed by atoms with E-state index in [0.717, 1.165) is 79.1 Å². The summed E-state index contributed by atoms with van der Waals surface area (Å²) in [7, 11) is 0. The van der Waals surface area contributed by atoms with E-state index >= 15 is 0 Å². The molecular formula is C26H28N2O2S.